The van der Waals surface area contributed by atoms with E-state index in [2.05, 4.69) is 51.8 Å². The van der Waals surface area contributed by atoms with E-state index in [1.54, 1.807) is 99.1 Å². The van der Waals surface area contributed by atoms with E-state index in [1.807, 2.05) is 12.1 Å². The minimum atomic E-state index is -1.72. The molecule has 6 rings (SSSR count). The van der Waals surface area contributed by atoms with Crippen LogP contribution in [0.25, 0.3) is 0 Å². The quantitative estimate of drug-likeness (QED) is 0.0425. The number of carboxylic acid groups (broad SMARTS) is 2. The van der Waals surface area contributed by atoms with E-state index in [4.69, 9.17) is 14.2 Å². The summed E-state index contributed by atoms with van der Waals surface area (Å²) in [7, 11) is 3.09. The third-order valence-electron chi connectivity index (χ3n) is 10.6. The van der Waals surface area contributed by atoms with Crippen LogP contribution in [0.4, 0.5) is 9.59 Å². The van der Waals surface area contributed by atoms with Crippen LogP contribution in [-0.4, -0.2) is 91.6 Å². The maximum Gasteiger partial charge on any atom is 0.406 e. The molecule has 0 radical (unpaired) electrons. The van der Waals surface area contributed by atoms with Crippen molar-refractivity contribution in [3.05, 3.63) is 178 Å². The summed E-state index contributed by atoms with van der Waals surface area (Å²) < 4.78 is 16.8. The van der Waals surface area contributed by atoms with Gasteiger partial charge < -0.3 is 45.7 Å². The van der Waals surface area contributed by atoms with Crippen LogP contribution >= 0.6 is 0 Å². The molecular formula is C50H52N10O11. The molecule has 2 heterocycles. The van der Waals surface area contributed by atoms with Crippen molar-refractivity contribution >= 4 is 35.8 Å². The highest BCUT2D eigenvalue weighted by Gasteiger charge is 2.39. The van der Waals surface area contributed by atoms with Crippen LogP contribution in [-0.2, 0) is 43.8 Å². The second-order valence-electron chi connectivity index (χ2n) is 16.4. The maximum absolute atomic E-state index is 13.2. The number of benzene rings is 4. The fraction of sp³-hybridized carbons (Fsp3) is 0.240. The Kier molecular flexibility index (Phi) is 17.3. The number of aromatic nitrogens is 4. The van der Waals surface area contributed by atoms with Gasteiger partial charge in [-0.3, -0.25) is 29.8 Å². The van der Waals surface area contributed by atoms with Gasteiger partial charge in [0, 0.05) is 51.2 Å². The Morgan fingerprint density at radius 1 is 0.451 bits per heavy atom. The molecule has 0 aliphatic carbocycles. The molecule has 368 valence electrons. The molecule has 6 amide bonds. The summed E-state index contributed by atoms with van der Waals surface area (Å²) in [6.45, 7) is 3.37. The van der Waals surface area contributed by atoms with Crippen molar-refractivity contribution in [1.82, 2.24) is 51.8 Å². The Morgan fingerprint density at radius 2 is 0.746 bits per heavy atom. The summed E-state index contributed by atoms with van der Waals surface area (Å²) in [5.41, 5.74) is 0.447. The van der Waals surface area contributed by atoms with Crippen molar-refractivity contribution < 1.29 is 53.2 Å². The number of hydrogen-bond donors (Lipinski definition) is 8. The molecule has 0 saturated carbocycles. The molecule has 2 unspecified atom stereocenters. The molecule has 71 heavy (non-hydrogen) atoms. The number of nitrogens with one attached hydrogen (secondary N) is 6. The number of carbonyl (C=O) groups is 6. The van der Waals surface area contributed by atoms with Crippen LogP contribution in [0.2, 0.25) is 0 Å². The van der Waals surface area contributed by atoms with E-state index in [9.17, 15) is 39.0 Å². The van der Waals surface area contributed by atoms with E-state index in [1.165, 1.54) is 26.0 Å². The summed E-state index contributed by atoms with van der Waals surface area (Å²) in [6, 6.07) is 30.7. The van der Waals surface area contributed by atoms with Gasteiger partial charge in [0.05, 0.1) is 14.2 Å². The minimum Gasteiger partial charge on any atom is -0.497 e. The fourth-order valence-electron chi connectivity index (χ4n) is 7.51. The maximum atomic E-state index is 13.2. The molecule has 6 aromatic rings. The largest absolute Gasteiger partial charge is 0.497 e. The Morgan fingerprint density at radius 3 is 1.06 bits per heavy atom. The number of ether oxygens (including phenoxy) is 3. The Labute approximate surface area is 407 Å². The summed E-state index contributed by atoms with van der Waals surface area (Å²) >= 11 is 0. The van der Waals surface area contributed by atoms with Gasteiger partial charge in [-0.1, -0.05) is 72.8 Å². The van der Waals surface area contributed by atoms with Gasteiger partial charge in [-0.25, -0.2) is 29.5 Å². The third kappa shape index (κ3) is 15.5. The Balaban J connectivity index is 1.06. The van der Waals surface area contributed by atoms with Gasteiger partial charge in [-0.05, 0) is 71.5 Å². The predicted octanol–water partition coefficient (Wildman–Crippen LogP) is 4.77. The highest BCUT2D eigenvalue weighted by atomic mass is 16.6. The van der Waals surface area contributed by atoms with E-state index >= 15 is 0 Å². The predicted molar refractivity (Wildman–Crippen MR) is 255 cm³/mol. The molecule has 0 spiro atoms. The highest BCUT2D eigenvalue weighted by Crippen LogP contribution is 2.26. The first-order valence-corrected chi connectivity index (χ1v) is 21.9. The van der Waals surface area contributed by atoms with E-state index in [-0.39, 0.29) is 61.8 Å². The molecule has 0 bridgehead atoms. The van der Waals surface area contributed by atoms with Gasteiger partial charge in [-0.2, -0.15) is 0 Å². The van der Waals surface area contributed by atoms with Crippen LogP contribution in [0.15, 0.2) is 122 Å². The molecule has 0 aliphatic heterocycles. The Bertz CT molecular complexity index is 2710. The van der Waals surface area contributed by atoms with Crippen molar-refractivity contribution in [2.45, 2.75) is 64.3 Å². The molecular weight excluding hydrogens is 917 g/mol. The number of methoxy groups -OCH3 is 2. The first-order chi connectivity index (χ1) is 34.0. The van der Waals surface area contributed by atoms with Crippen LogP contribution in [0.5, 0.6) is 11.5 Å². The summed E-state index contributed by atoms with van der Waals surface area (Å²) in [5, 5.41) is 35.7. The number of hydrogen-bond acceptors (Lipinski definition) is 13. The van der Waals surface area contributed by atoms with Crippen LogP contribution in [0.3, 0.4) is 0 Å². The van der Waals surface area contributed by atoms with E-state index in [0.717, 1.165) is 23.8 Å². The van der Waals surface area contributed by atoms with Crippen molar-refractivity contribution in [3.8, 4) is 11.5 Å². The lowest BCUT2D eigenvalue weighted by Gasteiger charge is -2.40. The molecule has 8 N–H and O–H groups in total. The average Bonchev–Trinajstić information content (AvgIpc) is 3.35. The second kappa shape index (κ2) is 23.8. The second-order valence-corrected chi connectivity index (χ2v) is 16.4. The van der Waals surface area contributed by atoms with Gasteiger partial charge in [0.25, 0.3) is 23.6 Å². The van der Waals surface area contributed by atoms with Crippen molar-refractivity contribution in [3.63, 3.8) is 0 Å². The first kappa shape index (κ1) is 51.4. The van der Waals surface area contributed by atoms with Crippen molar-refractivity contribution in [1.29, 1.82) is 0 Å². The monoisotopic (exact) mass is 968 g/mol. The van der Waals surface area contributed by atoms with Crippen LogP contribution in [0.1, 0.15) is 89.2 Å². The Hall–Kier alpha value is -8.98. The standard InChI is InChI=1S/C50H52N10O11/c1-49(59-47(65)66,23-31-9-5-11-33(17-31)25-51-43(61)39-21-41(57-29-55-39)45(63)53-27-35-13-7-15-37(19-35)69-3)71-50(2,60-48(67)68)24-32-10-6-12-34(18-32)26-52-44(62)40-22-42(58-30-56-40)46(64)54-28-36-14-8-16-38(20-36)70-4/h5-22,29-30,59-60H,23-28H2,1-4H3,(H,51,61)(H,52,62)(H,53,63)(H,54,64)(H,65,66)(H,67,68). The van der Waals surface area contributed by atoms with Gasteiger partial charge in [0.15, 0.2) is 0 Å². The molecule has 2 aromatic heterocycles. The van der Waals surface area contributed by atoms with Crippen molar-refractivity contribution in [2.75, 3.05) is 14.2 Å². The van der Waals surface area contributed by atoms with E-state index in [0.29, 0.717) is 33.8 Å². The summed E-state index contributed by atoms with van der Waals surface area (Å²) in [4.78, 5) is 92.6. The summed E-state index contributed by atoms with van der Waals surface area (Å²) in [5.74, 6) is -0.901. The number of carbonyl (C=O) groups excluding carboxylic acids is 4. The lowest BCUT2D eigenvalue weighted by molar-refractivity contribution is -0.162. The average molecular weight is 969 g/mol. The minimum absolute atomic E-state index is 0.0125. The molecule has 4 aromatic carbocycles. The number of nitrogens with zero attached hydrogens (tertiary/aromatic N) is 4. The van der Waals surface area contributed by atoms with Crippen LogP contribution in [0, 0.1) is 0 Å². The first-order valence-electron chi connectivity index (χ1n) is 21.9. The zero-order valence-corrected chi connectivity index (χ0v) is 39.1. The SMILES string of the molecule is COc1cccc(CNC(=O)c2cc(C(=O)NCc3cccc(CC(C)(NC(=O)O)OC(C)(Cc4cccc(CNC(=O)c5cc(C(=O)NCc6cccc(OC)c6)ncn5)c4)NC(=O)O)c3)ncn2)c1. The fourth-order valence-corrected chi connectivity index (χ4v) is 7.51. The molecule has 2 atom stereocenters. The summed E-state index contributed by atoms with van der Waals surface area (Å²) in [6.07, 6.45) is -0.809. The zero-order chi connectivity index (χ0) is 51.0. The smallest absolute Gasteiger partial charge is 0.406 e. The lowest BCUT2D eigenvalue weighted by atomic mass is 9.98. The molecule has 0 fully saturated rings. The van der Waals surface area contributed by atoms with Gasteiger partial charge in [-0.15, -0.1) is 0 Å². The highest BCUT2D eigenvalue weighted by molar-refractivity contribution is 5.98. The normalized spacial score (nSPS) is 12.5. The van der Waals surface area contributed by atoms with Crippen molar-refractivity contribution in [2.24, 2.45) is 0 Å². The lowest BCUT2D eigenvalue weighted by Crippen LogP contribution is -2.60. The van der Waals surface area contributed by atoms with Crippen LogP contribution < -0.4 is 41.4 Å². The number of amides is 6. The molecule has 21 nitrogen and oxygen atoms in total. The molecule has 0 aliphatic rings. The zero-order valence-electron chi connectivity index (χ0n) is 39.1. The number of rotatable bonds is 22. The third-order valence-corrected chi connectivity index (χ3v) is 10.6. The molecule has 0 saturated heterocycles. The van der Waals surface area contributed by atoms with Gasteiger partial charge in [0.1, 0.15) is 58.4 Å². The molecule has 21 heteroatoms. The van der Waals surface area contributed by atoms with Gasteiger partial charge in [0.2, 0.25) is 0 Å². The van der Waals surface area contributed by atoms with Gasteiger partial charge >= 0.3 is 12.2 Å². The van der Waals surface area contributed by atoms with E-state index < -0.39 is 47.3 Å². The topological polar surface area (TPSA) is 294 Å².